The Hall–Kier alpha value is -0.820. The molecule has 82 valence electrons. The van der Waals surface area contributed by atoms with E-state index in [0.29, 0.717) is 11.8 Å². The van der Waals surface area contributed by atoms with Gasteiger partial charge in [0, 0.05) is 0 Å². The molecule has 1 aliphatic rings. The molecule has 1 aromatic carbocycles. The molecule has 0 aromatic heterocycles. The third-order valence-corrected chi connectivity index (χ3v) is 3.83. The van der Waals surface area contributed by atoms with E-state index in [-0.39, 0.29) is 6.10 Å². The Bertz CT molecular complexity index is 315. The quantitative estimate of drug-likeness (QED) is 0.784. The van der Waals surface area contributed by atoms with E-state index < -0.39 is 0 Å². The Labute approximate surface area is 92.1 Å². The highest BCUT2D eigenvalue weighted by Gasteiger charge is 2.32. The summed E-state index contributed by atoms with van der Waals surface area (Å²) in [5, 5.41) is 9.73. The van der Waals surface area contributed by atoms with Gasteiger partial charge in [-0.25, -0.2) is 0 Å². The number of hydrogen-bond acceptors (Lipinski definition) is 1. The standard InChI is InChI=1S/C14H20O/c1-3-11-4-6-12(7-5-11)13-8-9-14(15)10(13)2/h4-7,10,13-15H,3,8-9H2,1-2H3. The molecule has 0 spiro atoms. The monoisotopic (exact) mass is 204 g/mol. The summed E-state index contributed by atoms with van der Waals surface area (Å²) in [5.74, 6) is 0.975. The zero-order chi connectivity index (χ0) is 10.8. The van der Waals surface area contributed by atoms with Gasteiger partial charge in [0.05, 0.1) is 6.10 Å². The largest absolute Gasteiger partial charge is 0.393 e. The third kappa shape index (κ3) is 2.07. The normalized spacial score (nSPS) is 30.7. The van der Waals surface area contributed by atoms with Crippen LogP contribution >= 0.6 is 0 Å². The van der Waals surface area contributed by atoms with Crippen molar-refractivity contribution in [2.75, 3.05) is 0 Å². The number of aryl methyl sites for hydroxylation is 1. The highest BCUT2D eigenvalue weighted by Crippen LogP contribution is 2.39. The van der Waals surface area contributed by atoms with Crippen LogP contribution in [0.1, 0.15) is 43.7 Å². The molecule has 0 bridgehead atoms. The molecule has 1 aliphatic carbocycles. The van der Waals surface area contributed by atoms with E-state index in [1.165, 1.54) is 11.1 Å². The van der Waals surface area contributed by atoms with Crippen LogP contribution in [0.5, 0.6) is 0 Å². The molecule has 0 saturated heterocycles. The van der Waals surface area contributed by atoms with Crippen molar-refractivity contribution in [2.24, 2.45) is 5.92 Å². The number of benzene rings is 1. The fraction of sp³-hybridized carbons (Fsp3) is 0.571. The molecule has 0 radical (unpaired) electrons. The van der Waals surface area contributed by atoms with Crippen molar-refractivity contribution < 1.29 is 5.11 Å². The average Bonchev–Trinajstić information content (AvgIpc) is 2.60. The summed E-state index contributed by atoms with van der Waals surface area (Å²) in [7, 11) is 0. The summed E-state index contributed by atoms with van der Waals surface area (Å²) in [5.41, 5.74) is 2.79. The Kier molecular flexibility index (Phi) is 3.11. The smallest absolute Gasteiger partial charge is 0.0571 e. The summed E-state index contributed by atoms with van der Waals surface area (Å²) in [6.45, 7) is 4.34. The average molecular weight is 204 g/mol. The molecule has 1 N–H and O–H groups in total. The van der Waals surface area contributed by atoms with Crippen molar-refractivity contribution in [1.29, 1.82) is 0 Å². The predicted molar refractivity (Wildman–Crippen MR) is 63.0 cm³/mol. The highest BCUT2D eigenvalue weighted by molar-refractivity contribution is 5.26. The van der Waals surface area contributed by atoms with Gasteiger partial charge in [-0.15, -0.1) is 0 Å². The van der Waals surface area contributed by atoms with Crippen molar-refractivity contribution in [2.45, 2.75) is 45.1 Å². The first kappa shape index (κ1) is 10.7. The number of aliphatic hydroxyl groups is 1. The van der Waals surface area contributed by atoms with Crippen LogP contribution in [0.15, 0.2) is 24.3 Å². The molecule has 0 heterocycles. The van der Waals surface area contributed by atoms with E-state index in [4.69, 9.17) is 0 Å². The maximum absolute atomic E-state index is 9.73. The lowest BCUT2D eigenvalue weighted by atomic mass is 9.89. The molecule has 1 heteroatoms. The topological polar surface area (TPSA) is 20.2 Å². The first-order valence-corrected chi connectivity index (χ1v) is 5.99. The van der Waals surface area contributed by atoms with Crippen molar-refractivity contribution in [3.8, 4) is 0 Å². The van der Waals surface area contributed by atoms with Gasteiger partial charge in [0.2, 0.25) is 0 Å². The van der Waals surface area contributed by atoms with Gasteiger partial charge in [0.25, 0.3) is 0 Å². The molecule has 2 rings (SSSR count). The highest BCUT2D eigenvalue weighted by atomic mass is 16.3. The molecule has 0 aliphatic heterocycles. The summed E-state index contributed by atoms with van der Waals surface area (Å²) in [4.78, 5) is 0. The summed E-state index contributed by atoms with van der Waals surface area (Å²) < 4.78 is 0. The minimum absolute atomic E-state index is 0.0964. The Balaban J connectivity index is 2.16. The van der Waals surface area contributed by atoms with Gasteiger partial charge in [-0.2, -0.15) is 0 Å². The van der Waals surface area contributed by atoms with Crippen LogP contribution in [0.4, 0.5) is 0 Å². The van der Waals surface area contributed by atoms with Gasteiger partial charge in [0.1, 0.15) is 0 Å². The lowest BCUT2D eigenvalue weighted by Crippen LogP contribution is -2.13. The fourth-order valence-corrected chi connectivity index (χ4v) is 2.62. The molecule has 1 saturated carbocycles. The Morgan fingerprint density at radius 1 is 1.20 bits per heavy atom. The van der Waals surface area contributed by atoms with E-state index in [1.54, 1.807) is 0 Å². The first-order chi connectivity index (χ1) is 7.22. The molecule has 1 aromatic rings. The van der Waals surface area contributed by atoms with Crippen molar-refractivity contribution in [3.05, 3.63) is 35.4 Å². The molecular weight excluding hydrogens is 184 g/mol. The van der Waals surface area contributed by atoms with Crippen LogP contribution < -0.4 is 0 Å². The Morgan fingerprint density at radius 2 is 1.87 bits per heavy atom. The van der Waals surface area contributed by atoms with Crippen LogP contribution in [0, 0.1) is 5.92 Å². The van der Waals surface area contributed by atoms with Gasteiger partial charge < -0.3 is 5.11 Å². The van der Waals surface area contributed by atoms with Crippen LogP contribution in [0.3, 0.4) is 0 Å². The van der Waals surface area contributed by atoms with Crippen molar-refractivity contribution in [3.63, 3.8) is 0 Å². The third-order valence-electron chi connectivity index (χ3n) is 3.83. The Morgan fingerprint density at radius 3 is 2.33 bits per heavy atom. The molecule has 3 unspecified atom stereocenters. The molecule has 3 atom stereocenters. The van der Waals surface area contributed by atoms with Gasteiger partial charge in [-0.3, -0.25) is 0 Å². The maximum atomic E-state index is 9.73. The summed E-state index contributed by atoms with van der Waals surface area (Å²) in [6.07, 6.45) is 3.10. The number of aliphatic hydroxyl groups excluding tert-OH is 1. The lowest BCUT2D eigenvalue weighted by molar-refractivity contribution is 0.136. The van der Waals surface area contributed by atoms with Crippen molar-refractivity contribution >= 4 is 0 Å². The van der Waals surface area contributed by atoms with E-state index in [1.807, 2.05) is 0 Å². The number of hydrogen-bond donors (Lipinski definition) is 1. The van der Waals surface area contributed by atoms with Gasteiger partial charge in [0.15, 0.2) is 0 Å². The van der Waals surface area contributed by atoms with Crippen molar-refractivity contribution in [1.82, 2.24) is 0 Å². The number of rotatable bonds is 2. The first-order valence-electron chi connectivity index (χ1n) is 5.99. The zero-order valence-electron chi connectivity index (χ0n) is 9.61. The minimum Gasteiger partial charge on any atom is -0.393 e. The second-order valence-corrected chi connectivity index (χ2v) is 4.71. The molecule has 15 heavy (non-hydrogen) atoms. The van der Waals surface area contributed by atoms with E-state index >= 15 is 0 Å². The van der Waals surface area contributed by atoms with Gasteiger partial charge >= 0.3 is 0 Å². The van der Waals surface area contributed by atoms with Gasteiger partial charge in [-0.05, 0) is 42.2 Å². The SMILES string of the molecule is CCc1ccc(C2CCC(O)C2C)cc1. The van der Waals surface area contributed by atoms with E-state index in [2.05, 4.69) is 38.1 Å². The van der Waals surface area contributed by atoms with Crippen LogP contribution in [-0.2, 0) is 6.42 Å². The molecular formula is C14H20O. The lowest BCUT2D eigenvalue weighted by Gasteiger charge is -2.18. The van der Waals surface area contributed by atoms with Gasteiger partial charge in [-0.1, -0.05) is 38.1 Å². The predicted octanol–water partition coefficient (Wildman–Crippen LogP) is 3.12. The second-order valence-electron chi connectivity index (χ2n) is 4.71. The van der Waals surface area contributed by atoms with E-state index in [9.17, 15) is 5.11 Å². The van der Waals surface area contributed by atoms with Crippen LogP contribution in [-0.4, -0.2) is 11.2 Å². The minimum atomic E-state index is -0.0964. The second kappa shape index (κ2) is 4.36. The molecule has 0 amide bonds. The van der Waals surface area contributed by atoms with E-state index in [0.717, 1.165) is 19.3 Å². The summed E-state index contributed by atoms with van der Waals surface area (Å²) >= 11 is 0. The van der Waals surface area contributed by atoms with Crippen LogP contribution in [0.25, 0.3) is 0 Å². The zero-order valence-corrected chi connectivity index (χ0v) is 9.61. The molecule has 1 fully saturated rings. The summed E-state index contributed by atoms with van der Waals surface area (Å²) in [6, 6.07) is 8.90. The van der Waals surface area contributed by atoms with Crippen LogP contribution in [0.2, 0.25) is 0 Å². The fourth-order valence-electron chi connectivity index (χ4n) is 2.62. The maximum Gasteiger partial charge on any atom is 0.0571 e. The molecule has 1 nitrogen and oxygen atoms in total.